The lowest BCUT2D eigenvalue weighted by Crippen LogP contribution is -2.38. The van der Waals surface area contributed by atoms with Crippen molar-refractivity contribution in [3.05, 3.63) is 23.8 Å². The first-order chi connectivity index (χ1) is 10.8. The van der Waals surface area contributed by atoms with Crippen molar-refractivity contribution in [2.24, 2.45) is 0 Å². The molecule has 1 aromatic carbocycles. The zero-order chi connectivity index (χ0) is 17.0. The van der Waals surface area contributed by atoms with E-state index in [-0.39, 0.29) is 18.5 Å². The second-order valence-corrected chi connectivity index (χ2v) is 7.65. The van der Waals surface area contributed by atoms with Crippen LogP contribution in [-0.4, -0.2) is 51.7 Å². The molecule has 0 saturated heterocycles. The van der Waals surface area contributed by atoms with E-state index in [0.29, 0.717) is 24.7 Å². The average molecular weight is 342 g/mol. The molecule has 0 bridgehead atoms. The summed E-state index contributed by atoms with van der Waals surface area (Å²) in [5.41, 5.74) is 0.865. The van der Waals surface area contributed by atoms with Crippen LogP contribution < -0.4 is 14.8 Å². The van der Waals surface area contributed by atoms with Gasteiger partial charge in [0, 0.05) is 13.5 Å². The third-order valence-corrected chi connectivity index (χ3v) is 4.84. The first-order valence-electron chi connectivity index (χ1n) is 7.37. The molecular formula is C15H22N2O5S. The molecule has 0 saturated carbocycles. The summed E-state index contributed by atoms with van der Waals surface area (Å²) in [6.07, 6.45) is 1.89. The van der Waals surface area contributed by atoms with E-state index < -0.39 is 10.0 Å². The maximum Gasteiger partial charge on any atom is 0.235 e. The second kappa shape index (κ2) is 7.18. The molecule has 0 aliphatic carbocycles. The Morgan fingerprint density at radius 2 is 1.96 bits per heavy atom. The number of hydrogen-bond donors (Lipinski definition) is 1. The van der Waals surface area contributed by atoms with Gasteiger partial charge in [-0.3, -0.25) is 4.79 Å². The minimum Gasteiger partial charge on any atom is -0.490 e. The Morgan fingerprint density at radius 1 is 1.30 bits per heavy atom. The van der Waals surface area contributed by atoms with Gasteiger partial charge in [0.2, 0.25) is 15.9 Å². The number of fused-ring (bicyclic) bond motifs is 1. The number of benzene rings is 1. The molecule has 2 rings (SSSR count). The summed E-state index contributed by atoms with van der Waals surface area (Å²) >= 11 is 0. The van der Waals surface area contributed by atoms with Crippen molar-refractivity contribution in [2.45, 2.75) is 19.4 Å². The highest BCUT2D eigenvalue weighted by Crippen LogP contribution is 2.32. The molecule has 0 fully saturated rings. The first kappa shape index (κ1) is 17.6. The van der Waals surface area contributed by atoms with E-state index in [2.05, 4.69) is 5.32 Å². The Morgan fingerprint density at radius 3 is 2.61 bits per heavy atom. The normalized spacial score (nSPS) is 15.8. The van der Waals surface area contributed by atoms with E-state index in [1.807, 2.05) is 25.1 Å². The smallest absolute Gasteiger partial charge is 0.235 e. The summed E-state index contributed by atoms with van der Waals surface area (Å²) in [6.45, 7) is 2.83. The Kier molecular flexibility index (Phi) is 5.48. The Balaban J connectivity index is 2.02. The molecule has 1 amide bonds. The molecular weight excluding hydrogens is 320 g/mol. The van der Waals surface area contributed by atoms with E-state index in [0.717, 1.165) is 22.5 Å². The van der Waals surface area contributed by atoms with Crippen LogP contribution in [0.25, 0.3) is 0 Å². The van der Waals surface area contributed by atoms with Gasteiger partial charge in [0.1, 0.15) is 0 Å². The standard InChI is InChI=1S/C15H22N2O5S/c1-11(16-15(18)10-17(2)23(3,19)20)12-5-6-13-14(9-12)22-8-4-7-21-13/h5-6,9,11H,4,7-8,10H2,1-3H3,(H,16,18). The highest BCUT2D eigenvalue weighted by Gasteiger charge is 2.18. The second-order valence-electron chi connectivity index (χ2n) is 5.56. The van der Waals surface area contributed by atoms with Crippen LogP contribution in [-0.2, 0) is 14.8 Å². The van der Waals surface area contributed by atoms with Crippen molar-refractivity contribution >= 4 is 15.9 Å². The number of nitrogens with one attached hydrogen (secondary N) is 1. The fourth-order valence-electron chi connectivity index (χ4n) is 2.14. The van der Waals surface area contributed by atoms with Crippen molar-refractivity contribution in [3.63, 3.8) is 0 Å². The predicted molar refractivity (Wildman–Crippen MR) is 86.1 cm³/mol. The summed E-state index contributed by atoms with van der Waals surface area (Å²) in [5, 5.41) is 2.78. The van der Waals surface area contributed by atoms with Gasteiger partial charge in [-0.15, -0.1) is 0 Å². The Bertz CT molecular complexity index is 674. The average Bonchev–Trinajstić information content (AvgIpc) is 2.70. The first-order valence-corrected chi connectivity index (χ1v) is 9.22. The van der Waals surface area contributed by atoms with Gasteiger partial charge in [0.05, 0.1) is 32.1 Å². The van der Waals surface area contributed by atoms with Gasteiger partial charge in [0.15, 0.2) is 11.5 Å². The van der Waals surface area contributed by atoms with Gasteiger partial charge < -0.3 is 14.8 Å². The predicted octanol–water partition coefficient (Wildman–Crippen LogP) is 0.917. The quantitative estimate of drug-likeness (QED) is 0.860. The van der Waals surface area contributed by atoms with Crippen LogP contribution in [0.2, 0.25) is 0 Å². The van der Waals surface area contributed by atoms with Crippen LogP contribution in [0.5, 0.6) is 11.5 Å². The highest BCUT2D eigenvalue weighted by molar-refractivity contribution is 7.88. The van der Waals surface area contributed by atoms with E-state index in [1.165, 1.54) is 7.05 Å². The van der Waals surface area contributed by atoms with Gasteiger partial charge in [0.25, 0.3) is 0 Å². The Labute approximate surface area is 136 Å². The molecule has 1 heterocycles. The molecule has 1 aliphatic rings. The number of carbonyl (C=O) groups is 1. The molecule has 8 heteroatoms. The lowest BCUT2D eigenvalue weighted by Gasteiger charge is -2.19. The van der Waals surface area contributed by atoms with Crippen molar-refractivity contribution in [1.82, 2.24) is 9.62 Å². The van der Waals surface area contributed by atoms with E-state index in [9.17, 15) is 13.2 Å². The van der Waals surface area contributed by atoms with E-state index >= 15 is 0 Å². The van der Waals surface area contributed by atoms with Gasteiger partial charge in [-0.2, -0.15) is 4.31 Å². The maximum atomic E-state index is 12.0. The number of nitrogens with zero attached hydrogens (tertiary/aromatic N) is 1. The molecule has 0 radical (unpaired) electrons. The molecule has 0 spiro atoms. The molecule has 1 unspecified atom stereocenters. The summed E-state index contributed by atoms with van der Waals surface area (Å²) in [4.78, 5) is 12.0. The van der Waals surface area contributed by atoms with Crippen molar-refractivity contribution in [2.75, 3.05) is 33.1 Å². The molecule has 0 aromatic heterocycles. The SMILES string of the molecule is CC(NC(=O)CN(C)S(C)(=O)=O)c1ccc2c(c1)OCCCO2. The van der Waals surface area contributed by atoms with Gasteiger partial charge in [-0.25, -0.2) is 8.42 Å². The monoisotopic (exact) mass is 342 g/mol. The largest absolute Gasteiger partial charge is 0.490 e. The molecule has 1 atom stereocenters. The molecule has 7 nitrogen and oxygen atoms in total. The molecule has 1 aliphatic heterocycles. The number of hydrogen-bond acceptors (Lipinski definition) is 5. The molecule has 1 aromatic rings. The van der Waals surface area contributed by atoms with Gasteiger partial charge in [-0.1, -0.05) is 6.07 Å². The summed E-state index contributed by atoms with van der Waals surface area (Å²) in [7, 11) is -2.01. The van der Waals surface area contributed by atoms with Crippen molar-refractivity contribution in [1.29, 1.82) is 0 Å². The fraction of sp³-hybridized carbons (Fsp3) is 0.533. The molecule has 1 N–H and O–H groups in total. The van der Waals surface area contributed by atoms with Crippen LogP contribution in [0, 0.1) is 0 Å². The number of likely N-dealkylation sites (N-methyl/N-ethyl adjacent to an activating group) is 1. The number of sulfonamides is 1. The number of rotatable bonds is 5. The third kappa shape index (κ3) is 4.84. The van der Waals surface area contributed by atoms with Crippen molar-refractivity contribution < 1.29 is 22.7 Å². The molecule has 23 heavy (non-hydrogen) atoms. The number of carbonyl (C=O) groups excluding carboxylic acids is 1. The zero-order valence-electron chi connectivity index (χ0n) is 13.5. The van der Waals surface area contributed by atoms with Crippen LogP contribution >= 0.6 is 0 Å². The highest BCUT2D eigenvalue weighted by atomic mass is 32.2. The zero-order valence-corrected chi connectivity index (χ0v) is 14.4. The third-order valence-electron chi connectivity index (χ3n) is 3.58. The lowest BCUT2D eigenvalue weighted by molar-refractivity contribution is -0.121. The number of amides is 1. The van der Waals surface area contributed by atoms with Crippen LogP contribution in [0.4, 0.5) is 0 Å². The van der Waals surface area contributed by atoms with Crippen molar-refractivity contribution in [3.8, 4) is 11.5 Å². The molecule has 128 valence electrons. The minimum absolute atomic E-state index is 0.215. The van der Waals surface area contributed by atoms with Crippen LogP contribution in [0.1, 0.15) is 24.9 Å². The van der Waals surface area contributed by atoms with Gasteiger partial charge in [-0.05, 0) is 24.6 Å². The minimum atomic E-state index is -3.38. The van der Waals surface area contributed by atoms with Gasteiger partial charge >= 0.3 is 0 Å². The Hall–Kier alpha value is -1.80. The maximum absolute atomic E-state index is 12.0. The fourth-order valence-corrected chi connectivity index (χ4v) is 2.49. The summed E-state index contributed by atoms with van der Waals surface area (Å²) in [5.74, 6) is 0.994. The summed E-state index contributed by atoms with van der Waals surface area (Å²) < 4.78 is 34.9. The van der Waals surface area contributed by atoms with E-state index in [4.69, 9.17) is 9.47 Å². The van der Waals surface area contributed by atoms with Crippen LogP contribution in [0.15, 0.2) is 18.2 Å². The number of ether oxygens (including phenoxy) is 2. The lowest BCUT2D eigenvalue weighted by atomic mass is 10.1. The topological polar surface area (TPSA) is 84.9 Å². The van der Waals surface area contributed by atoms with E-state index in [1.54, 1.807) is 0 Å². The summed E-state index contributed by atoms with van der Waals surface area (Å²) in [6, 6.07) is 5.25. The van der Waals surface area contributed by atoms with Crippen LogP contribution in [0.3, 0.4) is 0 Å².